The first-order valence-corrected chi connectivity index (χ1v) is 8.62. The number of aromatic nitrogens is 2. The van der Waals surface area contributed by atoms with E-state index in [4.69, 9.17) is 0 Å². The number of aryl methyl sites for hydroxylation is 1. The number of rotatable bonds is 4. The third-order valence-electron chi connectivity index (χ3n) is 5.56. The van der Waals surface area contributed by atoms with Crippen LogP contribution in [0.4, 0.5) is 13.2 Å². The van der Waals surface area contributed by atoms with Crippen LogP contribution in [0.2, 0.25) is 0 Å². The highest BCUT2D eigenvalue weighted by Crippen LogP contribution is 2.58. The Morgan fingerprint density at radius 1 is 1.25 bits per heavy atom. The second-order valence-electron chi connectivity index (χ2n) is 7.41. The van der Waals surface area contributed by atoms with Gasteiger partial charge >= 0.3 is 6.18 Å². The summed E-state index contributed by atoms with van der Waals surface area (Å²) in [5, 5.41) is 4.43. The smallest absolute Gasteiger partial charge is 0.342 e. The molecule has 0 N–H and O–H groups in total. The Kier molecular flexibility index (Phi) is 4.16. The molecule has 134 valence electrons. The summed E-state index contributed by atoms with van der Waals surface area (Å²) in [6, 6.07) is 0. The van der Waals surface area contributed by atoms with Crippen LogP contribution in [-0.2, 0) is 16.8 Å². The summed E-state index contributed by atoms with van der Waals surface area (Å²) in [7, 11) is 0. The van der Waals surface area contributed by atoms with E-state index in [1.165, 1.54) is 10.5 Å². The second-order valence-corrected chi connectivity index (χ2v) is 7.41. The molecule has 24 heavy (non-hydrogen) atoms. The van der Waals surface area contributed by atoms with Crippen LogP contribution in [0.5, 0.6) is 0 Å². The van der Waals surface area contributed by atoms with Crippen molar-refractivity contribution in [1.29, 1.82) is 0 Å². The second kappa shape index (κ2) is 5.77. The van der Waals surface area contributed by atoms with E-state index in [0.29, 0.717) is 25.9 Å². The maximum absolute atomic E-state index is 13.1. The molecule has 1 aromatic heterocycles. The first-order valence-electron chi connectivity index (χ1n) is 8.62. The fourth-order valence-electron chi connectivity index (χ4n) is 3.54. The standard InChI is InChI=1S/C17H24F3N3O/c1-3-4-13-11-21-23(12-13)15(2)7-9-22(10-8-15)14(24)16(5-6-16)17(18,19)20/h11-12H,3-10H2,1-2H3. The van der Waals surface area contributed by atoms with Gasteiger partial charge in [0, 0.05) is 19.3 Å². The lowest BCUT2D eigenvalue weighted by atomic mass is 9.88. The summed E-state index contributed by atoms with van der Waals surface area (Å²) < 4.78 is 41.3. The van der Waals surface area contributed by atoms with Gasteiger partial charge in [0.05, 0.1) is 11.7 Å². The number of nitrogens with zero attached hydrogens (tertiary/aromatic N) is 3. The minimum atomic E-state index is -4.43. The topological polar surface area (TPSA) is 38.1 Å². The zero-order valence-electron chi connectivity index (χ0n) is 14.2. The van der Waals surface area contributed by atoms with E-state index in [-0.39, 0.29) is 18.4 Å². The number of likely N-dealkylation sites (tertiary alicyclic amines) is 1. The van der Waals surface area contributed by atoms with Crippen LogP contribution in [0.1, 0.15) is 51.5 Å². The largest absolute Gasteiger partial charge is 0.403 e. The molecule has 0 unspecified atom stereocenters. The van der Waals surface area contributed by atoms with E-state index in [0.717, 1.165) is 12.8 Å². The van der Waals surface area contributed by atoms with Crippen LogP contribution >= 0.6 is 0 Å². The monoisotopic (exact) mass is 343 g/mol. The zero-order valence-corrected chi connectivity index (χ0v) is 14.2. The molecule has 2 heterocycles. The summed E-state index contributed by atoms with van der Waals surface area (Å²) in [6.45, 7) is 4.89. The molecule has 0 radical (unpaired) electrons. The lowest BCUT2D eigenvalue weighted by molar-refractivity contribution is -0.199. The van der Waals surface area contributed by atoms with Crippen molar-refractivity contribution in [3.8, 4) is 0 Å². The van der Waals surface area contributed by atoms with Gasteiger partial charge in [0.15, 0.2) is 0 Å². The molecule has 1 saturated heterocycles. The summed E-state index contributed by atoms with van der Waals surface area (Å²) in [6.07, 6.45) is 2.58. The number of piperidine rings is 1. The van der Waals surface area contributed by atoms with Gasteiger partial charge in [-0.05, 0) is 44.6 Å². The van der Waals surface area contributed by atoms with Crippen molar-refractivity contribution in [2.24, 2.45) is 5.41 Å². The summed E-state index contributed by atoms with van der Waals surface area (Å²) in [5.74, 6) is -0.732. The van der Waals surface area contributed by atoms with E-state index in [1.807, 2.05) is 17.1 Å². The number of halogens is 3. The lowest BCUT2D eigenvalue weighted by Crippen LogP contribution is -2.51. The highest BCUT2D eigenvalue weighted by Gasteiger charge is 2.69. The van der Waals surface area contributed by atoms with Gasteiger partial charge in [0.2, 0.25) is 5.91 Å². The van der Waals surface area contributed by atoms with Crippen LogP contribution in [0.3, 0.4) is 0 Å². The maximum Gasteiger partial charge on any atom is 0.403 e. The van der Waals surface area contributed by atoms with Crippen molar-refractivity contribution in [2.75, 3.05) is 13.1 Å². The van der Waals surface area contributed by atoms with E-state index in [2.05, 4.69) is 18.9 Å². The van der Waals surface area contributed by atoms with Gasteiger partial charge in [-0.25, -0.2) is 0 Å². The SMILES string of the molecule is CCCc1cnn(C2(C)CCN(C(=O)C3(C(F)(F)F)CC3)CC2)c1. The Morgan fingerprint density at radius 2 is 1.88 bits per heavy atom. The normalized spacial score (nSPS) is 22.5. The fraction of sp³-hybridized carbons (Fsp3) is 0.765. The highest BCUT2D eigenvalue weighted by atomic mass is 19.4. The highest BCUT2D eigenvalue weighted by molar-refractivity contribution is 5.86. The van der Waals surface area contributed by atoms with Crippen LogP contribution < -0.4 is 0 Å². The third kappa shape index (κ3) is 2.82. The minimum absolute atomic E-state index is 0.0668. The van der Waals surface area contributed by atoms with Crippen LogP contribution in [-0.4, -0.2) is 39.9 Å². The van der Waals surface area contributed by atoms with Crippen molar-refractivity contribution in [3.05, 3.63) is 18.0 Å². The Labute approximate surface area is 140 Å². The maximum atomic E-state index is 13.1. The number of amides is 1. The number of hydrogen-bond acceptors (Lipinski definition) is 2. The number of alkyl halides is 3. The quantitative estimate of drug-likeness (QED) is 0.839. The molecule has 1 aliphatic heterocycles. The Bertz CT molecular complexity index is 611. The van der Waals surface area contributed by atoms with Gasteiger partial charge in [0.25, 0.3) is 0 Å². The Hall–Kier alpha value is -1.53. The first kappa shape index (κ1) is 17.3. The molecule has 1 aromatic rings. The lowest BCUT2D eigenvalue weighted by Gasteiger charge is -2.41. The van der Waals surface area contributed by atoms with Crippen molar-refractivity contribution in [2.45, 2.75) is 64.1 Å². The molecule has 0 spiro atoms. The van der Waals surface area contributed by atoms with Crippen molar-refractivity contribution >= 4 is 5.91 Å². The molecule has 0 bridgehead atoms. The van der Waals surface area contributed by atoms with Gasteiger partial charge in [-0.3, -0.25) is 9.48 Å². The molecule has 4 nitrogen and oxygen atoms in total. The molecular weight excluding hydrogens is 319 g/mol. The van der Waals surface area contributed by atoms with Crippen molar-refractivity contribution in [3.63, 3.8) is 0 Å². The fourth-order valence-corrected chi connectivity index (χ4v) is 3.54. The minimum Gasteiger partial charge on any atom is -0.342 e. The molecule has 2 fully saturated rings. The van der Waals surface area contributed by atoms with E-state index in [9.17, 15) is 18.0 Å². The van der Waals surface area contributed by atoms with E-state index in [1.54, 1.807) is 0 Å². The number of carbonyl (C=O) groups is 1. The van der Waals surface area contributed by atoms with Crippen molar-refractivity contribution in [1.82, 2.24) is 14.7 Å². The number of hydrogen-bond donors (Lipinski definition) is 0. The third-order valence-corrected chi connectivity index (χ3v) is 5.56. The summed E-state index contributed by atoms with van der Waals surface area (Å²) >= 11 is 0. The molecule has 0 atom stereocenters. The predicted molar refractivity (Wildman–Crippen MR) is 83.4 cm³/mol. The first-order chi connectivity index (χ1) is 11.2. The molecule has 1 aliphatic carbocycles. The van der Waals surface area contributed by atoms with Crippen LogP contribution in [0.15, 0.2) is 12.4 Å². The Morgan fingerprint density at radius 3 is 2.38 bits per heavy atom. The number of carbonyl (C=O) groups excluding carboxylic acids is 1. The average Bonchev–Trinajstić information content (AvgIpc) is 3.22. The molecule has 1 amide bonds. The summed E-state index contributed by atoms with van der Waals surface area (Å²) in [5.41, 5.74) is -1.16. The van der Waals surface area contributed by atoms with Gasteiger partial charge in [0.1, 0.15) is 5.41 Å². The molecule has 0 aromatic carbocycles. The van der Waals surface area contributed by atoms with Gasteiger partial charge < -0.3 is 4.90 Å². The van der Waals surface area contributed by atoms with E-state index < -0.39 is 17.5 Å². The van der Waals surface area contributed by atoms with Crippen LogP contribution in [0.25, 0.3) is 0 Å². The van der Waals surface area contributed by atoms with Crippen molar-refractivity contribution < 1.29 is 18.0 Å². The Balaban J connectivity index is 1.66. The van der Waals surface area contributed by atoms with Gasteiger partial charge in [-0.1, -0.05) is 13.3 Å². The van der Waals surface area contributed by atoms with Gasteiger partial charge in [-0.15, -0.1) is 0 Å². The zero-order chi connectivity index (χ0) is 17.6. The molecule has 7 heteroatoms. The van der Waals surface area contributed by atoms with E-state index >= 15 is 0 Å². The van der Waals surface area contributed by atoms with Crippen LogP contribution in [0, 0.1) is 5.41 Å². The molecule has 2 aliphatic rings. The molecule has 3 rings (SSSR count). The summed E-state index contributed by atoms with van der Waals surface area (Å²) in [4.78, 5) is 13.8. The molecule has 1 saturated carbocycles. The predicted octanol–water partition coefficient (Wildman–Crippen LogP) is 3.52. The average molecular weight is 343 g/mol. The molecular formula is C17H24F3N3O. The van der Waals surface area contributed by atoms with Gasteiger partial charge in [-0.2, -0.15) is 18.3 Å².